The molecule has 25 heavy (non-hydrogen) atoms. The SMILES string of the molecule is CC(C)(C)[C@H]1CCc2nc(NC(=O)Cc3cn4ccsc4n3)sc2C1. The molecule has 1 aliphatic carbocycles. The Bertz CT molecular complexity index is 887. The first kappa shape index (κ1) is 16.7. The van der Waals surface area contributed by atoms with Crippen molar-refractivity contribution < 1.29 is 4.79 Å². The second kappa shape index (κ2) is 6.21. The number of imidazole rings is 1. The Morgan fingerprint density at radius 2 is 2.24 bits per heavy atom. The Balaban J connectivity index is 1.42. The van der Waals surface area contributed by atoms with Gasteiger partial charge in [0.05, 0.1) is 17.8 Å². The zero-order valence-electron chi connectivity index (χ0n) is 14.7. The molecule has 0 spiro atoms. The zero-order chi connectivity index (χ0) is 17.6. The average molecular weight is 375 g/mol. The van der Waals surface area contributed by atoms with E-state index in [2.05, 4.69) is 36.1 Å². The number of anilines is 1. The van der Waals surface area contributed by atoms with Crippen LogP contribution in [0.5, 0.6) is 0 Å². The van der Waals surface area contributed by atoms with Gasteiger partial charge in [0.15, 0.2) is 10.1 Å². The smallest absolute Gasteiger partial charge is 0.232 e. The first-order valence-electron chi connectivity index (χ1n) is 8.58. The number of thiazole rings is 2. The van der Waals surface area contributed by atoms with Crippen molar-refractivity contribution in [2.45, 2.75) is 46.5 Å². The van der Waals surface area contributed by atoms with E-state index in [1.807, 2.05) is 22.2 Å². The zero-order valence-corrected chi connectivity index (χ0v) is 16.3. The van der Waals surface area contributed by atoms with Gasteiger partial charge in [0.2, 0.25) is 5.91 Å². The molecule has 0 aliphatic heterocycles. The van der Waals surface area contributed by atoms with E-state index in [4.69, 9.17) is 0 Å². The fourth-order valence-electron chi connectivity index (χ4n) is 3.36. The van der Waals surface area contributed by atoms with Crippen LogP contribution >= 0.6 is 22.7 Å². The van der Waals surface area contributed by atoms with Crippen LogP contribution in [0.25, 0.3) is 4.96 Å². The molecule has 3 aromatic rings. The second-order valence-electron chi connectivity index (χ2n) is 7.74. The van der Waals surface area contributed by atoms with Gasteiger partial charge < -0.3 is 5.32 Å². The summed E-state index contributed by atoms with van der Waals surface area (Å²) in [5, 5.41) is 5.67. The molecule has 3 heterocycles. The predicted molar refractivity (Wildman–Crippen MR) is 102 cm³/mol. The minimum absolute atomic E-state index is 0.0516. The molecule has 0 saturated heterocycles. The molecule has 0 radical (unpaired) electrons. The highest BCUT2D eigenvalue weighted by atomic mass is 32.1. The Morgan fingerprint density at radius 3 is 3.00 bits per heavy atom. The van der Waals surface area contributed by atoms with Crippen molar-refractivity contribution in [1.82, 2.24) is 14.4 Å². The standard InChI is InChI=1S/C18H22N4OS2/c1-18(2,3)11-4-5-13-14(8-11)25-16(20-13)21-15(23)9-12-10-22-6-7-24-17(22)19-12/h6-7,10-11H,4-5,8-9H2,1-3H3,(H,20,21,23)/t11-/m0/s1. The molecule has 0 aromatic carbocycles. The van der Waals surface area contributed by atoms with E-state index >= 15 is 0 Å². The summed E-state index contributed by atoms with van der Waals surface area (Å²) in [6.07, 6.45) is 7.41. The number of hydrogen-bond acceptors (Lipinski definition) is 5. The third-order valence-electron chi connectivity index (χ3n) is 4.90. The fraction of sp³-hybridized carbons (Fsp3) is 0.500. The van der Waals surface area contributed by atoms with E-state index in [0.29, 0.717) is 11.3 Å². The quantitative estimate of drug-likeness (QED) is 0.748. The monoisotopic (exact) mass is 374 g/mol. The molecule has 0 fully saturated rings. The molecule has 0 saturated carbocycles. The van der Waals surface area contributed by atoms with Crippen LogP contribution in [0, 0.1) is 11.3 Å². The van der Waals surface area contributed by atoms with Crippen molar-refractivity contribution >= 4 is 38.7 Å². The van der Waals surface area contributed by atoms with E-state index in [0.717, 1.165) is 28.6 Å². The minimum atomic E-state index is -0.0516. The van der Waals surface area contributed by atoms with Crippen molar-refractivity contribution in [2.75, 3.05) is 5.32 Å². The molecule has 7 heteroatoms. The maximum absolute atomic E-state index is 12.3. The van der Waals surface area contributed by atoms with Crippen LogP contribution in [0.3, 0.4) is 0 Å². The van der Waals surface area contributed by atoms with Crippen molar-refractivity contribution in [2.24, 2.45) is 11.3 Å². The van der Waals surface area contributed by atoms with E-state index in [1.54, 1.807) is 22.7 Å². The Labute approximate surface area is 155 Å². The first-order chi connectivity index (χ1) is 11.9. The Morgan fingerprint density at radius 1 is 1.40 bits per heavy atom. The molecule has 1 atom stereocenters. The number of aromatic nitrogens is 3. The van der Waals surface area contributed by atoms with Gasteiger partial charge in [0.25, 0.3) is 0 Å². The highest BCUT2D eigenvalue weighted by Crippen LogP contribution is 2.40. The van der Waals surface area contributed by atoms with E-state index in [9.17, 15) is 4.79 Å². The summed E-state index contributed by atoms with van der Waals surface area (Å²) in [7, 11) is 0. The number of aryl methyl sites for hydroxylation is 1. The Kier molecular flexibility index (Phi) is 4.16. The lowest BCUT2D eigenvalue weighted by Gasteiger charge is -2.33. The number of carbonyl (C=O) groups excluding carboxylic acids is 1. The molecule has 1 N–H and O–H groups in total. The lowest BCUT2D eigenvalue weighted by molar-refractivity contribution is -0.115. The van der Waals surface area contributed by atoms with E-state index < -0.39 is 0 Å². The summed E-state index contributed by atoms with van der Waals surface area (Å²) in [6, 6.07) is 0. The molecule has 4 rings (SSSR count). The fourth-order valence-corrected chi connectivity index (χ4v) is 5.18. The number of carbonyl (C=O) groups is 1. The van der Waals surface area contributed by atoms with Crippen molar-refractivity contribution in [3.63, 3.8) is 0 Å². The van der Waals surface area contributed by atoms with Gasteiger partial charge in [-0.1, -0.05) is 20.8 Å². The van der Waals surface area contributed by atoms with Gasteiger partial charge in [0, 0.05) is 22.7 Å². The van der Waals surface area contributed by atoms with Gasteiger partial charge in [-0.25, -0.2) is 9.97 Å². The third kappa shape index (κ3) is 3.48. The number of rotatable bonds is 3. The summed E-state index contributed by atoms with van der Waals surface area (Å²) >= 11 is 3.20. The maximum Gasteiger partial charge on any atom is 0.232 e. The molecular formula is C18H22N4OS2. The van der Waals surface area contributed by atoms with Gasteiger partial charge in [-0.3, -0.25) is 9.20 Å². The van der Waals surface area contributed by atoms with Crippen LogP contribution in [0.1, 0.15) is 43.5 Å². The molecular weight excluding hydrogens is 352 g/mol. The van der Waals surface area contributed by atoms with Gasteiger partial charge in [-0.05, 0) is 30.6 Å². The summed E-state index contributed by atoms with van der Waals surface area (Å²) in [5.41, 5.74) is 2.28. The minimum Gasteiger partial charge on any atom is -0.302 e. The number of amides is 1. The normalized spacial score (nSPS) is 17.6. The number of fused-ring (bicyclic) bond motifs is 2. The Hall–Kier alpha value is -1.73. The van der Waals surface area contributed by atoms with Crippen molar-refractivity contribution in [3.05, 3.63) is 34.0 Å². The average Bonchev–Trinajstić information content (AvgIpc) is 3.18. The van der Waals surface area contributed by atoms with Gasteiger partial charge >= 0.3 is 0 Å². The number of nitrogens with one attached hydrogen (secondary N) is 1. The lowest BCUT2D eigenvalue weighted by Crippen LogP contribution is -2.26. The number of hydrogen-bond donors (Lipinski definition) is 1. The lowest BCUT2D eigenvalue weighted by atomic mass is 9.73. The molecule has 1 amide bonds. The van der Waals surface area contributed by atoms with E-state index in [1.165, 1.54) is 17.0 Å². The highest BCUT2D eigenvalue weighted by molar-refractivity contribution is 7.16. The molecule has 5 nitrogen and oxygen atoms in total. The molecule has 1 aliphatic rings. The summed E-state index contributed by atoms with van der Waals surface area (Å²) < 4.78 is 1.95. The number of nitrogens with zero attached hydrogens (tertiary/aromatic N) is 3. The van der Waals surface area contributed by atoms with Crippen molar-refractivity contribution in [1.29, 1.82) is 0 Å². The van der Waals surface area contributed by atoms with Crippen LogP contribution in [0.15, 0.2) is 17.8 Å². The molecule has 0 bridgehead atoms. The first-order valence-corrected chi connectivity index (χ1v) is 10.3. The highest BCUT2D eigenvalue weighted by Gasteiger charge is 2.30. The largest absolute Gasteiger partial charge is 0.302 e. The van der Waals surface area contributed by atoms with E-state index in [-0.39, 0.29) is 12.3 Å². The third-order valence-corrected chi connectivity index (χ3v) is 6.70. The second-order valence-corrected chi connectivity index (χ2v) is 9.70. The molecule has 0 unspecified atom stereocenters. The van der Waals surface area contributed by atoms with Crippen LogP contribution in [0.4, 0.5) is 5.13 Å². The van der Waals surface area contributed by atoms with Gasteiger partial charge in [-0.2, -0.15) is 0 Å². The molecule has 3 aromatic heterocycles. The topological polar surface area (TPSA) is 59.3 Å². The molecule has 132 valence electrons. The van der Waals surface area contributed by atoms with Crippen LogP contribution < -0.4 is 5.32 Å². The summed E-state index contributed by atoms with van der Waals surface area (Å²) in [4.78, 5) is 23.7. The van der Waals surface area contributed by atoms with Crippen LogP contribution in [0.2, 0.25) is 0 Å². The summed E-state index contributed by atoms with van der Waals surface area (Å²) in [6.45, 7) is 6.92. The van der Waals surface area contributed by atoms with Crippen molar-refractivity contribution in [3.8, 4) is 0 Å². The summed E-state index contributed by atoms with van der Waals surface area (Å²) in [5.74, 6) is 0.631. The maximum atomic E-state index is 12.3. The predicted octanol–water partition coefficient (Wildman–Crippen LogP) is 4.18. The van der Waals surface area contributed by atoms with Crippen LogP contribution in [-0.2, 0) is 24.1 Å². The van der Waals surface area contributed by atoms with Crippen LogP contribution in [-0.4, -0.2) is 20.3 Å². The van der Waals surface area contributed by atoms with Gasteiger partial charge in [-0.15, -0.1) is 22.7 Å². The van der Waals surface area contributed by atoms with Gasteiger partial charge in [0.1, 0.15) is 0 Å².